The Morgan fingerprint density at radius 3 is 2.25 bits per heavy atom. The Kier molecular flexibility index (Phi) is 7.15. The first-order chi connectivity index (χ1) is 13.4. The lowest BCUT2D eigenvalue weighted by atomic mass is 9.79. The Bertz CT molecular complexity index is 746. The number of piperidine rings is 1. The molecule has 0 bridgehead atoms. The van der Waals surface area contributed by atoms with Gasteiger partial charge in [0.25, 0.3) is 0 Å². The number of amides is 1. The predicted octanol–water partition coefficient (Wildman–Crippen LogP) is 3.46. The fourth-order valence-corrected chi connectivity index (χ4v) is 5.87. The zero-order valence-electron chi connectivity index (χ0n) is 17.1. The molecule has 2 aliphatic rings. The molecule has 1 aliphatic heterocycles. The van der Waals surface area contributed by atoms with E-state index in [1.165, 1.54) is 38.5 Å². The molecule has 1 aromatic rings. The quantitative estimate of drug-likeness (QED) is 0.753. The van der Waals surface area contributed by atoms with Crippen molar-refractivity contribution < 1.29 is 13.2 Å². The highest BCUT2D eigenvalue weighted by Gasteiger charge is 2.38. The number of hydrogen-bond donors (Lipinski definition) is 1. The average molecular weight is 407 g/mol. The third-order valence-electron chi connectivity index (χ3n) is 6.40. The maximum absolute atomic E-state index is 12.5. The molecule has 28 heavy (non-hydrogen) atoms. The molecular formula is C22H34N2O3S. The van der Waals surface area contributed by atoms with Gasteiger partial charge in [0.05, 0.1) is 10.6 Å². The fourth-order valence-electron chi connectivity index (χ4n) is 4.62. The van der Waals surface area contributed by atoms with Crippen molar-refractivity contribution in [3.63, 3.8) is 0 Å². The molecule has 0 unspecified atom stereocenters. The number of carbonyl (C=O) groups is 1. The van der Waals surface area contributed by atoms with Gasteiger partial charge in [0, 0.05) is 18.5 Å². The smallest absolute Gasteiger partial charge is 0.221 e. The van der Waals surface area contributed by atoms with Crippen LogP contribution in [0.15, 0.2) is 29.2 Å². The third kappa shape index (κ3) is 5.35. The van der Waals surface area contributed by atoms with Gasteiger partial charge in [0.1, 0.15) is 0 Å². The van der Waals surface area contributed by atoms with Crippen LogP contribution in [0.2, 0.25) is 0 Å². The Morgan fingerprint density at radius 1 is 1.00 bits per heavy atom. The lowest BCUT2D eigenvalue weighted by molar-refractivity contribution is -0.121. The Hall–Kier alpha value is -1.40. The predicted molar refractivity (Wildman–Crippen MR) is 112 cm³/mol. The molecule has 5 nitrogen and oxygen atoms in total. The summed E-state index contributed by atoms with van der Waals surface area (Å²) in [6, 6.07) is 6.82. The fraction of sp³-hybridized carbons (Fsp3) is 0.682. The van der Waals surface area contributed by atoms with E-state index in [1.807, 2.05) is 6.92 Å². The van der Waals surface area contributed by atoms with Crippen molar-refractivity contribution >= 4 is 15.7 Å². The van der Waals surface area contributed by atoms with Gasteiger partial charge < -0.3 is 5.32 Å². The highest BCUT2D eigenvalue weighted by Crippen LogP contribution is 2.35. The molecule has 3 rings (SSSR count). The molecule has 0 aromatic heterocycles. The van der Waals surface area contributed by atoms with Gasteiger partial charge in [0.15, 0.2) is 9.84 Å². The largest absolute Gasteiger partial charge is 0.354 e. The first kappa shape index (κ1) is 21.3. The first-order valence-electron chi connectivity index (χ1n) is 10.7. The van der Waals surface area contributed by atoms with E-state index < -0.39 is 9.84 Å². The van der Waals surface area contributed by atoms with Crippen molar-refractivity contribution in [2.45, 2.75) is 75.1 Å². The molecule has 1 aromatic carbocycles. The lowest BCUT2D eigenvalue weighted by Gasteiger charge is -2.48. The van der Waals surface area contributed by atoms with Gasteiger partial charge in [-0.05, 0) is 57.8 Å². The average Bonchev–Trinajstić information content (AvgIpc) is 2.72. The second-order valence-corrected chi connectivity index (χ2v) is 10.6. The summed E-state index contributed by atoms with van der Waals surface area (Å²) in [7, 11) is -3.42. The van der Waals surface area contributed by atoms with Crippen molar-refractivity contribution in [2.75, 3.05) is 25.4 Å². The highest BCUT2D eigenvalue weighted by molar-refractivity contribution is 7.91. The summed E-state index contributed by atoms with van der Waals surface area (Å²) in [6.45, 7) is 4.82. The number of nitrogens with zero attached hydrogens (tertiary/aromatic N) is 1. The van der Waals surface area contributed by atoms with Crippen LogP contribution in [-0.4, -0.2) is 50.2 Å². The van der Waals surface area contributed by atoms with Crippen molar-refractivity contribution in [1.29, 1.82) is 0 Å². The van der Waals surface area contributed by atoms with Crippen LogP contribution in [0.25, 0.3) is 0 Å². The zero-order valence-corrected chi connectivity index (χ0v) is 17.9. The maximum Gasteiger partial charge on any atom is 0.221 e. The van der Waals surface area contributed by atoms with Crippen LogP contribution in [0.5, 0.6) is 0 Å². The van der Waals surface area contributed by atoms with Gasteiger partial charge in [-0.25, -0.2) is 8.42 Å². The van der Waals surface area contributed by atoms with Crippen molar-refractivity contribution in [2.24, 2.45) is 0 Å². The van der Waals surface area contributed by atoms with Gasteiger partial charge >= 0.3 is 0 Å². The minimum absolute atomic E-state index is 0.0201. The molecule has 6 heteroatoms. The summed E-state index contributed by atoms with van der Waals surface area (Å²) in [5, 5.41) is 3.08. The van der Waals surface area contributed by atoms with Crippen LogP contribution in [0.1, 0.15) is 63.4 Å². The van der Waals surface area contributed by atoms with Gasteiger partial charge in [-0.3, -0.25) is 9.69 Å². The number of hydrogen-bond acceptors (Lipinski definition) is 4. The molecule has 0 atom stereocenters. The molecule has 1 saturated carbocycles. The monoisotopic (exact) mass is 406 g/mol. The van der Waals surface area contributed by atoms with Crippen molar-refractivity contribution in [1.82, 2.24) is 10.2 Å². The molecule has 1 amide bonds. The van der Waals surface area contributed by atoms with Crippen LogP contribution < -0.4 is 5.32 Å². The number of rotatable bonds is 7. The third-order valence-corrected chi connectivity index (χ3v) is 8.14. The van der Waals surface area contributed by atoms with E-state index in [0.717, 1.165) is 31.5 Å². The summed E-state index contributed by atoms with van der Waals surface area (Å²) in [6.07, 6.45) is 9.78. The molecule has 1 heterocycles. The number of sulfone groups is 1. The van der Waals surface area contributed by atoms with E-state index in [9.17, 15) is 13.2 Å². The topological polar surface area (TPSA) is 66.5 Å². The SMILES string of the molecule is Cc1ccc(S(=O)(=O)CCC(=O)NCC2(N3CCCCC3)CCCCC2)cc1. The zero-order chi connectivity index (χ0) is 20.0. The molecule has 2 fully saturated rings. The lowest BCUT2D eigenvalue weighted by Crippen LogP contribution is -2.58. The standard InChI is InChI=1S/C22H34N2O3S/c1-19-8-10-20(11-9-19)28(26,27)17-12-21(25)23-18-22(13-4-2-5-14-22)24-15-6-3-7-16-24/h8-11H,2-7,12-18H2,1H3,(H,23,25). The van der Waals surface area contributed by atoms with Crippen LogP contribution in [0.4, 0.5) is 0 Å². The van der Waals surface area contributed by atoms with Crippen molar-refractivity contribution in [3.8, 4) is 0 Å². The normalized spacial score (nSPS) is 20.6. The molecule has 0 spiro atoms. The summed E-state index contributed by atoms with van der Waals surface area (Å²) in [5.74, 6) is -0.295. The molecule has 1 N–H and O–H groups in total. The Balaban J connectivity index is 1.55. The van der Waals surface area contributed by atoms with E-state index in [1.54, 1.807) is 24.3 Å². The van der Waals surface area contributed by atoms with Crippen molar-refractivity contribution in [3.05, 3.63) is 29.8 Å². The van der Waals surface area contributed by atoms with E-state index in [4.69, 9.17) is 0 Å². The van der Waals surface area contributed by atoms with E-state index in [2.05, 4.69) is 10.2 Å². The van der Waals surface area contributed by atoms with Gasteiger partial charge in [0.2, 0.25) is 5.91 Å². The van der Waals surface area contributed by atoms with Crippen LogP contribution in [0.3, 0.4) is 0 Å². The van der Waals surface area contributed by atoms with E-state index >= 15 is 0 Å². The maximum atomic E-state index is 12.5. The minimum atomic E-state index is -3.42. The first-order valence-corrected chi connectivity index (χ1v) is 12.4. The van der Waals surface area contributed by atoms with Crippen LogP contribution in [-0.2, 0) is 14.6 Å². The van der Waals surface area contributed by atoms with Crippen LogP contribution in [0, 0.1) is 6.92 Å². The molecule has 156 valence electrons. The summed E-state index contributed by atoms with van der Waals surface area (Å²) in [5.41, 5.74) is 1.09. The number of likely N-dealkylation sites (tertiary alicyclic amines) is 1. The highest BCUT2D eigenvalue weighted by atomic mass is 32.2. The number of carbonyl (C=O) groups excluding carboxylic acids is 1. The Labute approximate surface area is 169 Å². The molecule has 0 radical (unpaired) electrons. The van der Waals surface area contributed by atoms with Gasteiger partial charge in [-0.15, -0.1) is 0 Å². The number of aryl methyl sites for hydroxylation is 1. The summed E-state index contributed by atoms with van der Waals surface area (Å²) in [4.78, 5) is 15.3. The molecule has 1 aliphatic carbocycles. The van der Waals surface area contributed by atoms with Gasteiger partial charge in [-0.2, -0.15) is 0 Å². The minimum Gasteiger partial charge on any atom is -0.354 e. The Morgan fingerprint density at radius 2 is 1.61 bits per heavy atom. The molecular weight excluding hydrogens is 372 g/mol. The summed E-state index contributed by atoms with van der Waals surface area (Å²) >= 11 is 0. The number of nitrogens with one attached hydrogen (secondary N) is 1. The molecule has 1 saturated heterocycles. The second kappa shape index (κ2) is 9.40. The van der Waals surface area contributed by atoms with E-state index in [-0.39, 0.29) is 23.6 Å². The second-order valence-electron chi connectivity index (χ2n) is 8.49. The number of benzene rings is 1. The summed E-state index contributed by atoms with van der Waals surface area (Å²) < 4.78 is 25.0. The van der Waals surface area contributed by atoms with Crippen LogP contribution >= 0.6 is 0 Å². The van der Waals surface area contributed by atoms with Gasteiger partial charge in [-0.1, -0.05) is 43.4 Å². The van der Waals surface area contributed by atoms with E-state index in [0.29, 0.717) is 11.4 Å².